The summed E-state index contributed by atoms with van der Waals surface area (Å²) >= 11 is 6.06. The van der Waals surface area contributed by atoms with Gasteiger partial charge in [-0.15, -0.1) is 0 Å². The summed E-state index contributed by atoms with van der Waals surface area (Å²) in [6, 6.07) is 13.2. The molecule has 5 nitrogen and oxygen atoms in total. The number of amides is 1. The Hall–Kier alpha value is -2.53. The van der Waals surface area contributed by atoms with E-state index in [1.54, 1.807) is 43.3 Å². The monoisotopic (exact) mass is 359 g/mol. The lowest BCUT2D eigenvalue weighted by Crippen LogP contribution is -2.48. The number of carbonyl (C=O) groups is 2. The molecule has 0 aliphatic carbocycles. The minimum Gasteiger partial charge on any atom is -0.479 e. The standard InChI is InChI=1S/C19H18ClNO4/c1-12(25-16-9-5-4-8-15(16)20)18(22)21-11-10-13-6-2-3-7-14(13)17(21)19(23)24/h2-9,12,17H,10-11H2,1H3,(H,23,24). The highest BCUT2D eigenvalue weighted by molar-refractivity contribution is 6.32. The number of carboxylic acid groups (broad SMARTS) is 1. The molecule has 1 aliphatic heterocycles. The third-order valence-electron chi connectivity index (χ3n) is 4.29. The zero-order valence-corrected chi connectivity index (χ0v) is 14.4. The first-order chi connectivity index (χ1) is 12.0. The Bertz CT molecular complexity index is 808. The van der Waals surface area contributed by atoms with Gasteiger partial charge in [-0.3, -0.25) is 4.79 Å². The molecule has 0 radical (unpaired) electrons. The number of fused-ring (bicyclic) bond motifs is 1. The minimum absolute atomic E-state index is 0.336. The predicted molar refractivity (Wildman–Crippen MR) is 93.8 cm³/mol. The fourth-order valence-corrected chi connectivity index (χ4v) is 3.27. The van der Waals surface area contributed by atoms with Crippen LogP contribution < -0.4 is 4.74 Å². The molecule has 2 aromatic rings. The van der Waals surface area contributed by atoms with Crippen molar-refractivity contribution in [1.82, 2.24) is 4.90 Å². The number of halogens is 1. The van der Waals surface area contributed by atoms with E-state index in [1.165, 1.54) is 4.90 Å². The van der Waals surface area contributed by atoms with Crippen LogP contribution in [0.2, 0.25) is 5.02 Å². The van der Waals surface area contributed by atoms with Gasteiger partial charge in [0.1, 0.15) is 5.75 Å². The molecule has 0 fully saturated rings. The summed E-state index contributed by atoms with van der Waals surface area (Å²) in [6.07, 6.45) is -0.225. The second-order valence-corrected chi connectivity index (χ2v) is 6.32. The summed E-state index contributed by atoms with van der Waals surface area (Å²) in [5.41, 5.74) is 1.61. The van der Waals surface area contributed by atoms with Gasteiger partial charge in [0.05, 0.1) is 5.02 Å². The third-order valence-corrected chi connectivity index (χ3v) is 4.60. The van der Waals surface area contributed by atoms with E-state index in [0.717, 1.165) is 5.56 Å². The van der Waals surface area contributed by atoms with Gasteiger partial charge in [0.15, 0.2) is 12.1 Å². The summed E-state index contributed by atoms with van der Waals surface area (Å²) in [5.74, 6) is -1.03. The first-order valence-electron chi connectivity index (χ1n) is 8.01. The van der Waals surface area contributed by atoms with Crippen molar-refractivity contribution in [2.75, 3.05) is 6.54 Å². The summed E-state index contributed by atoms with van der Waals surface area (Å²) < 4.78 is 5.66. The minimum atomic E-state index is -1.05. The molecule has 2 aromatic carbocycles. The Labute approximate surface area is 150 Å². The number of carbonyl (C=O) groups excluding carboxylic acids is 1. The van der Waals surface area contributed by atoms with E-state index in [0.29, 0.717) is 29.3 Å². The summed E-state index contributed by atoms with van der Waals surface area (Å²) in [4.78, 5) is 26.0. The quantitative estimate of drug-likeness (QED) is 0.909. The van der Waals surface area contributed by atoms with Gasteiger partial charge in [-0.1, -0.05) is 48.0 Å². The number of carboxylic acids is 1. The van der Waals surface area contributed by atoms with Crippen LogP contribution in [0.3, 0.4) is 0 Å². The molecule has 130 valence electrons. The van der Waals surface area contributed by atoms with Crippen molar-refractivity contribution >= 4 is 23.5 Å². The highest BCUT2D eigenvalue weighted by Crippen LogP contribution is 2.31. The second kappa shape index (κ2) is 7.15. The maximum absolute atomic E-state index is 12.8. The molecule has 0 spiro atoms. The Morgan fingerprint density at radius 3 is 2.60 bits per heavy atom. The van der Waals surface area contributed by atoms with Crippen LogP contribution in [-0.4, -0.2) is 34.5 Å². The number of rotatable bonds is 4. The lowest BCUT2D eigenvalue weighted by Gasteiger charge is -2.36. The van der Waals surface area contributed by atoms with Gasteiger partial charge in [0, 0.05) is 6.54 Å². The number of aliphatic carboxylic acids is 1. The third kappa shape index (κ3) is 3.46. The Kier molecular flexibility index (Phi) is 4.95. The molecule has 25 heavy (non-hydrogen) atoms. The normalized spacial score (nSPS) is 17.5. The molecule has 1 N–H and O–H groups in total. The largest absolute Gasteiger partial charge is 0.479 e. The van der Waals surface area contributed by atoms with Gasteiger partial charge in [-0.05, 0) is 36.6 Å². The van der Waals surface area contributed by atoms with Crippen molar-refractivity contribution in [3.63, 3.8) is 0 Å². The van der Waals surface area contributed by atoms with Gasteiger partial charge in [-0.2, -0.15) is 0 Å². The van der Waals surface area contributed by atoms with Crippen molar-refractivity contribution < 1.29 is 19.4 Å². The molecule has 2 unspecified atom stereocenters. The number of para-hydroxylation sites is 1. The maximum atomic E-state index is 12.8. The molecule has 0 aromatic heterocycles. The van der Waals surface area contributed by atoms with Gasteiger partial charge in [0.25, 0.3) is 5.91 Å². The topological polar surface area (TPSA) is 66.8 Å². The molecule has 0 saturated carbocycles. The van der Waals surface area contributed by atoms with Crippen LogP contribution in [0, 0.1) is 0 Å². The van der Waals surface area contributed by atoms with Crippen LogP contribution in [0.25, 0.3) is 0 Å². The average Bonchev–Trinajstić information content (AvgIpc) is 2.61. The van der Waals surface area contributed by atoms with Crippen molar-refractivity contribution in [2.45, 2.75) is 25.5 Å². The van der Waals surface area contributed by atoms with E-state index in [9.17, 15) is 14.7 Å². The van der Waals surface area contributed by atoms with E-state index >= 15 is 0 Å². The Balaban J connectivity index is 1.83. The maximum Gasteiger partial charge on any atom is 0.331 e. The zero-order valence-electron chi connectivity index (χ0n) is 13.7. The lowest BCUT2D eigenvalue weighted by atomic mass is 9.92. The Morgan fingerprint density at radius 1 is 1.20 bits per heavy atom. The van der Waals surface area contributed by atoms with Gasteiger partial charge in [0.2, 0.25) is 0 Å². The van der Waals surface area contributed by atoms with E-state index in [-0.39, 0.29) is 5.91 Å². The number of nitrogens with zero attached hydrogens (tertiary/aromatic N) is 1. The fourth-order valence-electron chi connectivity index (χ4n) is 3.08. The smallest absolute Gasteiger partial charge is 0.331 e. The van der Waals surface area contributed by atoms with Crippen molar-refractivity contribution in [3.8, 4) is 5.75 Å². The molecular formula is C19H18ClNO4. The highest BCUT2D eigenvalue weighted by atomic mass is 35.5. The first-order valence-corrected chi connectivity index (χ1v) is 8.39. The van der Waals surface area contributed by atoms with Crippen LogP contribution in [0.4, 0.5) is 0 Å². The molecule has 1 heterocycles. The first kappa shape index (κ1) is 17.3. The molecule has 1 amide bonds. The van der Waals surface area contributed by atoms with Crippen LogP contribution in [0.15, 0.2) is 48.5 Å². The van der Waals surface area contributed by atoms with Gasteiger partial charge in [-0.25, -0.2) is 4.79 Å². The molecule has 0 bridgehead atoms. The van der Waals surface area contributed by atoms with Crippen LogP contribution in [-0.2, 0) is 16.0 Å². The Morgan fingerprint density at radius 2 is 1.88 bits per heavy atom. The molecular weight excluding hydrogens is 342 g/mol. The number of hydrogen-bond acceptors (Lipinski definition) is 3. The van der Waals surface area contributed by atoms with Crippen LogP contribution in [0.5, 0.6) is 5.75 Å². The number of hydrogen-bond donors (Lipinski definition) is 1. The van der Waals surface area contributed by atoms with Crippen LogP contribution >= 0.6 is 11.6 Å². The average molecular weight is 360 g/mol. The lowest BCUT2D eigenvalue weighted by molar-refractivity contribution is -0.154. The van der Waals surface area contributed by atoms with E-state index in [1.807, 2.05) is 12.1 Å². The van der Waals surface area contributed by atoms with Crippen LogP contribution in [0.1, 0.15) is 24.1 Å². The second-order valence-electron chi connectivity index (χ2n) is 5.91. The molecule has 1 aliphatic rings. The predicted octanol–water partition coefficient (Wildman–Crippen LogP) is 3.32. The molecule has 2 atom stereocenters. The van der Waals surface area contributed by atoms with Crippen molar-refractivity contribution in [3.05, 3.63) is 64.7 Å². The molecule has 3 rings (SSSR count). The van der Waals surface area contributed by atoms with E-state index in [4.69, 9.17) is 16.3 Å². The fraction of sp³-hybridized carbons (Fsp3) is 0.263. The summed E-state index contributed by atoms with van der Waals surface area (Å²) in [7, 11) is 0. The van der Waals surface area contributed by atoms with Crippen molar-refractivity contribution in [1.29, 1.82) is 0 Å². The number of benzene rings is 2. The van der Waals surface area contributed by atoms with E-state index < -0.39 is 18.1 Å². The molecule has 6 heteroatoms. The summed E-state index contributed by atoms with van der Waals surface area (Å²) in [5, 5.41) is 10.1. The molecule has 0 saturated heterocycles. The van der Waals surface area contributed by atoms with Crippen molar-refractivity contribution in [2.24, 2.45) is 0 Å². The van der Waals surface area contributed by atoms with E-state index in [2.05, 4.69) is 0 Å². The SMILES string of the molecule is CC(Oc1ccccc1Cl)C(=O)N1CCc2ccccc2C1C(=O)O. The highest BCUT2D eigenvalue weighted by Gasteiger charge is 2.38. The van der Waals surface area contributed by atoms with Gasteiger partial charge >= 0.3 is 5.97 Å². The number of ether oxygens (including phenoxy) is 1. The zero-order chi connectivity index (χ0) is 18.0. The van der Waals surface area contributed by atoms with Gasteiger partial charge < -0.3 is 14.7 Å². The summed E-state index contributed by atoms with van der Waals surface area (Å²) in [6.45, 7) is 1.94.